The van der Waals surface area contributed by atoms with Crippen LogP contribution in [0.2, 0.25) is 0 Å². The maximum atomic E-state index is 12.6. The molecule has 2 N–H and O–H groups in total. The highest BCUT2D eigenvalue weighted by Crippen LogP contribution is 2.26. The lowest BCUT2D eigenvalue weighted by Crippen LogP contribution is -2.31. The molecule has 0 spiro atoms. The SMILES string of the molecule is CCC(=O)N(Cc1ccc2ccc(N)nc2c1)c1cccnc1S(C)(=O)=O. The van der Waals surface area contributed by atoms with Crippen LogP contribution in [0.3, 0.4) is 0 Å². The van der Waals surface area contributed by atoms with E-state index in [9.17, 15) is 13.2 Å². The van der Waals surface area contributed by atoms with Crippen molar-refractivity contribution in [2.75, 3.05) is 16.9 Å². The normalized spacial score (nSPS) is 11.5. The van der Waals surface area contributed by atoms with Gasteiger partial charge in [-0.25, -0.2) is 18.4 Å². The standard InChI is InChI=1S/C19H20N4O3S/c1-3-18(24)23(16-5-4-10-21-19(16)27(2,25)26)12-13-6-7-14-8-9-17(20)22-15(14)11-13/h4-11H,3,12H2,1-2H3,(H2,20,22). The smallest absolute Gasteiger partial charge is 0.227 e. The molecule has 0 saturated carbocycles. The van der Waals surface area contributed by atoms with E-state index in [0.29, 0.717) is 11.3 Å². The molecule has 1 aromatic carbocycles. The van der Waals surface area contributed by atoms with Crippen LogP contribution in [-0.2, 0) is 21.2 Å². The number of benzene rings is 1. The Kier molecular flexibility index (Phi) is 5.09. The van der Waals surface area contributed by atoms with Crippen molar-refractivity contribution in [3.8, 4) is 0 Å². The summed E-state index contributed by atoms with van der Waals surface area (Å²) in [4.78, 5) is 22.3. The molecule has 2 heterocycles. The minimum atomic E-state index is -3.59. The Labute approximate surface area is 157 Å². The van der Waals surface area contributed by atoms with E-state index in [4.69, 9.17) is 5.73 Å². The summed E-state index contributed by atoms with van der Waals surface area (Å²) in [5.41, 5.74) is 7.55. The lowest BCUT2D eigenvalue weighted by atomic mass is 10.1. The Hall–Kier alpha value is -3.00. The van der Waals surface area contributed by atoms with Crippen molar-refractivity contribution in [3.63, 3.8) is 0 Å². The topological polar surface area (TPSA) is 106 Å². The van der Waals surface area contributed by atoms with Gasteiger partial charge in [0.1, 0.15) is 5.82 Å². The van der Waals surface area contributed by atoms with Crippen molar-refractivity contribution >= 4 is 38.2 Å². The summed E-state index contributed by atoms with van der Waals surface area (Å²) in [5, 5.41) is 0.814. The summed E-state index contributed by atoms with van der Waals surface area (Å²) in [6.45, 7) is 1.93. The number of carbonyl (C=O) groups excluding carboxylic acids is 1. The molecule has 0 aliphatic heterocycles. The third-order valence-corrected chi connectivity index (χ3v) is 5.13. The largest absolute Gasteiger partial charge is 0.384 e. The molecule has 0 aliphatic rings. The summed E-state index contributed by atoms with van der Waals surface area (Å²) in [5.74, 6) is 0.210. The number of nitrogen functional groups attached to an aromatic ring is 1. The number of hydrogen-bond donors (Lipinski definition) is 1. The van der Waals surface area contributed by atoms with E-state index in [2.05, 4.69) is 9.97 Å². The number of anilines is 2. The summed E-state index contributed by atoms with van der Waals surface area (Å²) >= 11 is 0. The zero-order chi connectivity index (χ0) is 19.6. The second-order valence-electron chi connectivity index (χ2n) is 6.20. The van der Waals surface area contributed by atoms with Gasteiger partial charge in [0.2, 0.25) is 5.91 Å². The molecule has 0 atom stereocenters. The number of fused-ring (bicyclic) bond motifs is 1. The number of rotatable bonds is 5. The van der Waals surface area contributed by atoms with Crippen molar-refractivity contribution < 1.29 is 13.2 Å². The number of amides is 1. The van der Waals surface area contributed by atoms with Crippen LogP contribution in [0.25, 0.3) is 10.9 Å². The minimum absolute atomic E-state index is 0.116. The van der Waals surface area contributed by atoms with Crippen molar-refractivity contribution in [3.05, 3.63) is 54.2 Å². The number of pyridine rings is 2. The van der Waals surface area contributed by atoms with Crippen molar-refractivity contribution in [2.45, 2.75) is 24.9 Å². The van der Waals surface area contributed by atoms with Gasteiger partial charge in [-0.05, 0) is 35.9 Å². The van der Waals surface area contributed by atoms with E-state index in [-0.39, 0.29) is 29.6 Å². The highest BCUT2D eigenvalue weighted by atomic mass is 32.2. The third kappa shape index (κ3) is 4.06. The Bertz CT molecular complexity index is 1110. The minimum Gasteiger partial charge on any atom is -0.384 e. The van der Waals surface area contributed by atoms with Gasteiger partial charge in [0.25, 0.3) is 0 Å². The average molecular weight is 384 g/mol. The van der Waals surface area contributed by atoms with E-state index >= 15 is 0 Å². The zero-order valence-electron chi connectivity index (χ0n) is 15.1. The van der Waals surface area contributed by atoms with Gasteiger partial charge in [0, 0.05) is 24.3 Å². The van der Waals surface area contributed by atoms with E-state index < -0.39 is 9.84 Å². The number of sulfone groups is 1. The van der Waals surface area contributed by atoms with Crippen LogP contribution in [0.4, 0.5) is 11.5 Å². The van der Waals surface area contributed by atoms with Crippen LogP contribution in [-0.4, -0.2) is 30.5 Å². The van der Waals surface area contributed by atoms with Crippen molar-refractivity contribution in [2.24, 2.45) is 0 Å². The number of hydrogen-bond acceptors (Lipinski definition) is 6. The molecular weight excluding hydrogens is 364 g/mol. The Morgan fingerprint density at radius 2 is 1.93 bits per heavy atom. The van der Waals surface area contributed by atoms with E-state index in [1.54, 1.807) is 25.1 Å². The number of carbonyl (C=O) groups is 1. The van der Waals surface area contributed by atoms with Crippen LogP contribution in [0.1, 0.15) is 18.9 Å². The Balaban J connectivity index is 2.07. The monoisotopic (exact) mass is 384 g/mol. The predicted octanol–water partition coefficient (Wildman–Crippen LogP) is 2.56. The van der Waals surface area contributed by atoms with Crippen LogP contribution in [0.5, 0.6) is 0 Å². The van der Waals surface area contributed by atoms with Crippen molar-refractivity contribution in [1.29, 1.82) is 0 Å². The first-order valence-corrected chi connectivity index (χ1v) is 10.3. The van der Waals surface area contributed by atoms with Gasteiger partial charge < -0.3 is 10.6 Å². The second-order valence-corrected chi connectivity index (χ2v) is 8.13. The fraction of sp³-hybridized carbons (Fsp3) is 0.211. The van der Waals surface area contributed by atoms with Gasteiger partial charge in [0.05, 0.1) is 17.7 Å². The van der Waals surface area contributed by atoms with Gasteiger partial charge in [-0.1, -0.05) is 19.1 Å². The number of aromatic nitrogens is 2. The maximum Gasteiger partial charge on any atom is 0.227 e. The molecule has 7 nitrogen and oxygen atoms in total. The first-order chi connectivity index (χ1) is 12.8. The Morgan fingerprint density at radius 3 is 2.63 bits per heavy atom. The molecular formula is C19H20N4O3S. The van der Waals surface area contributed by atoms with E-state index in [1.165, 1.54) is 11.1 Å². The summed E-state index contributed by atoms with van der Waals surface area (Å²) in [6.07, 6.45) is 2.71. The predicted molar refractivity (Wildman–Crippen MR) is 105 cm³/mol. The fourth-order valence-corrected chi connectivity index (χ4v) is 3.64. The lowest BCUT2D eigenvalue weighted by molar-refractivity contribution is -0.118. The first kappa shape index (κ1) is 18.8. The van der Waals surface area contributed by atoms with Gasteiger partial charge in [0.15, 0.2) is 14.9 Å². The number of nitrogens with zero attached hydrogens (tertiary/aromatic N) is 3. The molecule has 27 heavy (non-hydrogen) atoms. The fourth-order valence-electron chi connectivity index (χ4n) is 2.83. The van der Waals surface area contributed by atoms with Crippen LogP contribution in [0, 0.1) is 0 Å². The van der Waals surface area contributed by atoms with E-state index in [1.807, 2.05) is 24.3 Å². The molecule has 0 saturated heterocycles. The molecule has 0 unspecified atom stereocenters. The maximum absolute atomic E-state index is 12.6. The van der Waals surface area contributed by atoms with Crippen molar-refractivity contribution in [1.82, 2.24) is 9.97 Å². The van der Waals surface area contributed by atoms with Gasteiger partial charge in [-0.3, -0.25) is 4.79 Å². The van der Waals surface area contributed by atoms with Gasteiger partial charge in [-0.15, -0.1) is 0 Å². The highest BCUT2D eigenvalue weighted by Gasteiger charge is 2.23. The van der Waals surface area contributed by atoms with Gasteiger partial charge >= 0.3 is 0 Å². The number of nitrogens with two attached hydrogens (primary N) is 1. The molecule has 3 rings (SSSR count). The molecule has 0 fully saturated rings. The lowest BCUT2D eigenvalue weighted by Gasteiger charge is -2.24. The molecule has 140 valence electrons. The first-order valence-electron chi connectivity index (χ1n) is 8.40. The van der Waals surface area contributed by atoms with Crippen LogP contribution < -0.4 is 10.6 Å². The van der Waals surface area contributed by atoms with Crippen LogP contribution >= 0.6 is 0 Å². The quantitative estimate of drug-likeness (QED) is 0.724. The molecule has 0 bridgehead atoms. The Morgan fingerprint density at radius 1 is 1.19 bits per heavy atom. The summed E-state index contributed by atoms with van der Waals surface area (Å²) in [6, 6.07) is 12.4. The molecule has 3 aromatic rings. The molecule has 1 amide bonds. The molecule has 8 heteroatoms. The molecule has 2 aromatic heterocycles. The second kappa shape index (κ2) is 7.32. The summed E-state index contributed by atoms with van der Waals surface area (Å²) < 4.78 is 24.2. The van der Waals surface area contributed by atoms with Gasteiger partial charge in [-0.2, -0.15) is 0 Å². The highest BCUT2D eigenvalue weighted by molar-refractivity contribution is 7.90. The van der Waals surface area contributed by atoms with E-state index in [0.717, 1.165) is 17.2 Å². The molecule has 0 radical (unpaired) electrons. The third-order valence-electron chi connectivity index (χ3n) is 4.12. The molecule has 0 aliphatic carbocycles. The van der Waals surface area contributed by atoms with Crippen LogP contribution in [0.15, 0.2) is 53.7 Å². The average Bonchev–Trinajstić information content (AvgIpc) is 2.64. The summed E-state index contributed by atoms with van der Waals surface area (Å²) in [7, 11) is -3.59. The zero-order valence-corrected chi connectivity index (χ0v) is 15.9.